The molecule has 440 valence electrons. The number of primary amides is 2. The molecule has 4 fully saturated rings. The number of amides is 4. The molecule has 8 rings (SSSR count). The highest BCUT2D eigenvalue weighted by atomic mass is 35.5. The number of hydrogen-bond acceptors (Lipinski definition) is 14. The van der Waals surface area contributed by atoms with Gasteiger partial charge in [-0.1, -0.05) is 19.0 Å². The molecule has 2 aromatic heterocycles. The Kier molecular flexibility index (Phi) is 20.2. The lowest BCUT2D eigenvalue weighted by molar-refractivity contribution is -0.144. The Morgan fingerprint density at radius 1 is 0.588 bits per heavy atom. The van der Waals surface area contributed by atoms with Gasteiger partial charge in [-0.15, -0.1) is 0 Å². The smallest absolute Gasteiger partial charge is 0.381 e. The SMILES string of the molecule is C.NC(=O)[C@H]1CCN(c2ncnc(N)c2F)C[C@@H]1N1CCCC(Nc2cc(C(F)(F)F)cc(C(F)(F)F)c2)C1=O.NC(=O)[C@H]1CCNC[C@@H]1N1CCCC(Nc2cc(C(F)(F)F)cc(C(F)(F)F)c2)C1=O.Nc1ncnc(Cl)c1F. The largest absolute Gasteiger partial charge is 0.416 e. The molecule has 6 heterocycles. The van der Waals surface area contributed by atoms with E-state index in [1.54, 1.807) is 0 Å². The predicted octanol–water partition coefficient (Wildman–Crippen LogP) is 7.10. The van der Waals surface area contributed by atoms with Crippen LogP contribution in [0, 0.1) is 23.5 Å². The van der Waals surface area contributed by atoms with Crippen LogP contribution in [0.25, 0.3) is 0 Å². The summed E-state index contributed by atoms with van der Waals surface area (Å²) in [6, 6.07) is -1.46. The molecule has 0 aliphatic carbocycles. The zero-order valence-electron chi connectivity index (χ0n) is 40.8. The lowest BCUT2D eigenvalue weighted by atomic mass is 9.87. The number of carbonyl (C=O) groups excluding carboxylic acids is 4. The van der Waals surface area contributed by atoms with Gasteiger partial charge in [-0.25, -0.2) is 19.9 Å². The highest BCUT2D eigenvalue weighted by Gasteiger charge is 2.45. The number of halogens is 15. The molecule has 2 aromatic carbocycles. The van der Waals surface area contributed by atoms with Crippen LogP contribution in [0.5, 0.6) is 0 Å². The average Bonchev–Trinajstić information content (AvgIpc) is 3.50. The molecule has 4 aliphatic heterocycles. The number of piperidine rings is 4. The van der Waals surface area contributed by atoms with Gasteiger partial charge >= 0.3 is 24.7 Å². The second kappa shape index (κ2) is 25.5. The molecular weight excluding hydrogens is 1130 g/mol. The van der Waals surface area contributed by atoms with Gasteiger partial charge < -0.3 is 53.6 Å². The molecule has 4 amide bonds. The second-order valence-corrected chi connectivity index (χ2v) is 18.8. The molecule has 18 nitrogen and oxygen atoms in total. The van der Waals surface area contributed by atoms with Crippen LogP contribution in [-0.2, 0) is 43.9 Å². The number of hydrogen-bond donors (Lipinski definition) is 7. The van der Waals surface area contributed by atoms with Gasteiger partial charge in [0.05, 0.1) is 46.2 Å². The fraction of sp³-hybridized carbons (Fsp3) is 0.489. The Labute approximate surface area is 451 Å². The van der Waals surface area contributed by atoms with E-state index in [2.05, 4.69) is 35.9 Å². The van der Waals surface area contributed by atoms with E-state index in [0.717, 1.165) is 12.7 Å². The molecule has 80 heavy (non-hydrogen) atoms. The molecule has 2 unspecified atom stereocenters. The maximum absolute atomic E-state index is 14.6. The number of anilines is 5. The first kappa shape index (κ1) is 63.6. The van der Waals surface area contributed by atoms with Crippen molar-refractivity contribution in [1.82, 2.24) is 35.1 Å². The summed E-state index contributed by atoms with van der Waals surface area (Å²) in [5.41, 5.74) is 14.6. The van der Waals surface area contributed by atoms with E-state index in [1.807, 2.05) is 0 Å². The van der Waals surface area contributed by atoms with Gasteiger partial charge in [0.1, 0.15) is 24.7 Å². The molecule has 6 atom stereocenters. The fourth-order valence-corrected chi connectivity index (χ4v) is 9.57. The Morgan fingerprint density at radius 3 is 1.41 bits per heavy atom. The van der Waals surface area contributed by atoms with Crippen molar-refractivity contribution in [3.8, 4) is 0 Å². The number of nitrogen functional groups attached to an aromatic ring is 2. The molecule has 33 heteroatoms. The third-order valence-electron chi connectivity index (χ3n) is 13.2. The van der Waals surface area contributed by atoms with E-state index >= 15 is 0 Å². The van der Waals surface area contributed by atoms with Crippen molar-refractivity contribution in [2.75, 3.05) is 66.3 Å². The third-order valence-corrected chi connectivity index (χ3v) is 13.5. The lowest BCUT2D eigenvalue weighted by Gasteiger charge is -2.46. The zero-order chi connectivity index (χ0) is 58.5. The predicted molar refractivity (Wildman–Crippen MR) is 261 cm³/mol. The van der Waals surface area contributed by atoms with Gasteiger partial charge in [0.2, 0.25) is 35.3 Å². The van der Waals surface area contributed by atoms with Gasteiger partial charge in [-0.3, -0.25) is 19.2 Å². The number of rotatable bonds is 9. The maximum atomic E-state index is 14.6. The van der Waals surface area contributed by atoms with Crippen LogP contribution in [0.4, 0.5) is 90.3 Å². The van der Waals surface area contributed by atoms with Crippen molar-refractivity contribution in [3.05, 3.63) is 88.1 Å². The lowest BCUT2D eigenvalue weighted by Crippen LogP contribution is -2.61. The van der Waals surface area contributed by atoms with Gasteiger partial charge in [0.25, 0.3) is 0 Å². The number of carbonyl (C=O) groups is 4. The first-order valence-corrected chi connectivity index (χ1v) is 24.1. The summed E-state index contributed by atoms with van der Waals surface area (Å²) in [7, 11) is 0. The van der Waals surface area contributed by atoms with Crippen LogP contribution in [-0.4, -0.2) is 117 Å². The first-order valence-electron chi connectivity index (χ1n) is 23.7. The molecule has 0 radical (unpaired) electrons. The van der Waals surface area contributed by atoms with Crippen molar-refractivity contribution in [3.63, 3.8) is 0 Å². The average molecular weight is 1180 g/mol. The quantitative estimate of drug-likeness (QED) is 0.0651. The normalized spacial score (nSPS) is 22.0. The van der Waals surface area contributed by atoms with E-state index in [1.165, 1.54) is 14.7 Å². The van der Waals surface area contributed by atoms with E-state index in [9.17, 15) is 80.6 Å². The Hall–Kier alpha value is -7.25. The van der Waals surface area contributed by atoms with E-state index < -0.39 is 135 Å². The molecule has 0 bridgehead atoms. The molecule has 4 aromatic rings. The standard InChI is InChI=1S/C23H24F7N7O2.C19H22F6N4O2.C4H3ClFN3.CH4/c24-17-18(31)33-10-34-20(17)36-5-3-14(19(32)38)16(9-36)37-4-1-2-15(21(37)39)35-13-7-11(22(25,26)27)6-12(8-13)23(28,29)30;20-18(21,22)10-6-11(19(23,24)25)8-12(7-10)28-14-2-1-5-29(17(14)31)15-9-27-4-3-13(15)16(26)30;5-3-2(6)4(7)9-1-8-3;/h6-8,10,14-16,35H,1-5,9H2,(H2,32,38)(H2,31,33,34);6-8,13-15,27-28H,1-5,9H2,(H2,26,30);1H,(H2,7,8,9);1H4/t14-,15?,16-;13-,14?,15-;;/m00../s1. The van der Waals surface area contributed by atoms with E-state index in [0.29, 0.717) is 63.2 Å². The highest BCUT2D eigenvalue weighted by Crippen LogP contribution is 2.40. The number of likely N-dealkylation sites (tertiary alicyclic amines) is 2. The Morgan fingerprint density at radius 2 is 1.00 bits per heavy atom. The summed E-state index contributed by atoms with van der Waals surface area (Å²) in [6.07, 6.45) is -16.2. The van der Waals surface area contributed by atoms with Crippen molar-refractivity contribution in [2.24, 2.45) is 23.3 Å². The second-order valence-electron chi connectivity index (χ2n) is 18.5. The van der Waals surface area contributed by atoms with Gasteiger partial charge in [-0.2, -0.15) is 61.5 Å². The molecule has 4 aliphatic rings. The van der Waals surface area contributed by atoms with E-state index in [4.69, 9.17) is 34.5 Å². The minimum Gasteiger partial charge on any atom is -0.381 e. The summed E-state index contributed by atoms with van der Waals surface area (Å²) in [4.78, 5) is 68.8. The number of nitrogens with two attached hydrogens (primary N) is 4. The third kappa shape index (κ3) is 15.6. The summed E-state index contributed by atoms with van der Waals surface area (Å²) in [6.45, 7) is 1.44. The van der Waals surface area contributed by atoms with Crippen molar-refractivity contribution >= 4 is 64.1 Å². The minimum absolute atomic E-state index is 0. The van der Waals surface area contributed by atoms with Crippen LogP contribution in [0.1, 0.15) is 68.2 Å². The minimum atomic E-state index is -5.06. The molecule has 11 N–H and O–H groups in total. The fourth-order valence-electron chi connectivity index (χ4n) is 9.43. The summed E-state index contributed by atoms with van der Waals surface area (Å²) >= 11 is 5.21. The monoisotopic (exact) mass is 1180 g/mol. The van der Waals surface area contributed by atoms with Gasteiger partial charge in [0, 0.05) is 44.1 Å². The number of nitrogens with zero attached hydrogens (tertiary/aromatic N) is 7. The molecule has 0 spiro atoms. The van der Waals surface area contributed by atoms with Crippen LogP contribution in [0.2, 0.25) is 5.15 Å². The summed E-state index contributed by atoms with van der Waals surface area (Å²) in [5.74, 6) is -6.22. The van der Waals surface area contributed by atoms with Crippen LogP contribution in [0.15, 0.2) is 49.1 Å². The van der Waals surface area contributed by atoms with Crippen molar-refractivity contribution < 1.29 is 80.6 Å². The number of alkyl halides is 12. The summed E-state index contributed by atoms with van der Waals surface area (Å²) < 4.78 is 185. The van der Waals surface area contributed by atoms with Crippen molar-refractivity contribution in [1.29, 1.82) is 0 Å². The topological polar surface area (TPSA) is 270 Å². The van der Waals surface area contributed by atoms with E-state index in [-0.39, 0.29) is 75.2 Å². The number of aromatic nitrogens is 4. The molecular formula is C47H53ClF14N14O4. The molecule has 0 saturated carbocycles. The van der Waals surface area contributed by atoms with Crippen LogP contribution >= 0.6 is 11.6 Å². The number of benzene rings is 2. The molecule has 4 saturated heterocycles. The Bertz CT molecular complexity index is 2780. The zero-order valence-corrected chi connectivity index (χ0v) is 41.6. The van der Waals surface area contributed by atoms with Crippen molar-refractivity contribution in [2.45, 2.75) is 94.8 Å². The van der Waals surface area contributed by atoms with Gasteiger partial charge in [0.15, 0.2) is 22.6 Å². The van der Waals surface area contributed by atoms with Gasteiger partial charge in [-0.05, 0) is 81.5 Å². The first-order chi connectivity index (χ1) is 36.8. The highest BCUT2D eigenvalue weighted by molar-refractivity contribution is 6.29. The Balaban J connectivity index is 0.000000255. The maximum Gasteiger partial charge on any atom is 0.416 e. The van der Waals surface area contributed by atoms with Crippen LogP contribution < -0.4 is 43.8 Å². The summed E-state index contributed by atoms with van der Waals surface area (Å²) in [5, 5.41) is 7.88. The number of nitrogens with one attached hydrogen (secondary N) is 3. The van der Waals surface area contributed by atoms with Crippen LogP contribution in [0.3, 0.4) is 0 Å².